The molecule has 102 valence electrons. The molecule has 1 aromatic carbocycles. The van der Waals surface area contributed by atoms with Crippen molar-refractivity contribution in [3.63, 3.8) is 0 Å². The second kappa shape index (κ2) is 6.78. The topological polar surface area (TPSA) is 56.9 Å². The van der Waals surface area contributed by atoms with Crippen LogP contribution in [0.3, 0.4) is 0 Å². The lowest BCUT2D eigenvalue weighted by molar-refractivity contribution is 0.270. The van der Waals surface area contributed by atoms with E-state index < -0.39 is 17.7 Å². The summed E-state index contributed by atoms with van der Waals surface area (Å²) in [7, 11) is 0. The highest BCUT2D eigenvalue weighted by Crippen LogP contribution is 2.35. The van der Waals surface area contributed by atoms with Gasteiger partial charge in [0.2, 0.25) is 0 Å². The molecule has 0 saturated heterocycles. The van der Waals surface area contributed by atoms with E-state index in [2.05, 4.69) is 11.1 Å². The fourth-order valence-corrected chi connectivity index (χ4v) is 2.36. The average molecular weight is 270 g/mol. The predicted octanol–water partition coefficient (Wildman–Crippen LogP) is 2.99. The smallest absolute Gasteiger partial charge is 0.129 e. The van der Waals surface area contributed by atoms with E-state index in [-0.39, 0.29) is 6.61 Å². The van der Waals surface area contributed by atoms with E-state index in [1.807, 2.05) is 30.3 Å². The number of nitrogens with zero attached hydrogens (tertiary/aromatic N) is 2. The molecule has 2 atom stereocenters. The Morgan fingerprint density at radius 3 is 2.60 bits per heavy atom. The maximum Gasteiger partial charge on any atom is 0.129 e. The molecular formula is C16H15FN2O. The first-order chi connectivity index (χ1) is 9.77. The molecule has 0 aliphatic rings. The average Bonchev–Trinajstić information content (AvgIpc) is 2.49. The Kier molecular flexibility index (Phi) is 4.80. The molecule has 1 heterocycles. The minimum atomic E-state index is -0.512. The number of aliphatic hydroxyl groups is 1. The third kappa shape index (κ3) is 3.01. The number of aliphatic hydroxyl groups excluding tert-OH is 1. The number of hydrogen-bond donors (Lipinski definition) is 1. The van der Waals surface area contributed by atoms with Crippen molar-refractivity contribution in [3.8, 4) is 6.07 Å². The molecule has 1 aromatic heterocycles. The molecule has 0 unspecified atom stereocenters. The van der Waals surface area contributed by atoms with Gasteiger partial charge in [-0.05, 0) is 18.1 Å². The number of pyridine rings is 1. The van der Waals surface area contributed by atoms with Crippen LogP contribution in [0.5, 0.6) is 0 Å². The van der Waals surface area contributed by atoms with Crippen molar-refractivity contribution in [3.05, 3.63) is 65.7 Å². The molecule has 20 heavy (non-hydrogen) atoms. The molecule has 0 aliphatic heterocycles. The summed E-state index contributed by atoms with van der Waals surface area (Å²) in [5.74, 6) is -1.32. The van der Waals surface area contributed by atoms with Crippen LogP contribution in [0.25, 0.3) is 0 Å². The quantitative estimate of drug-likeness (QED) is 0.908. The van der Waals surface area contributed by atoms with Crippen LogP contribution in [0.15, 0.2) is 48.8 Å². The van der Waals surface area contributed by atoms with Gasteiger partial charge in [-0.2, -0.15) is 5.26 Å². The first-order valence-corrected chi connectivity index (χ1v) is 6.42. The molecular weight excluding hydrogens is 255 g/mol. The predicted molar refractivity (Wildman–Crippen MR) is 73.4 cm³/mol. The summed E-state index contributed by atoms with van der Waals surface area (Å²) in [6.45, 7) is -0.107. The van der Waals surface area contributed by atoms with Gasteiger partial charge in [-0.15, -0.1) is 0 Å². The monoisotopic (exact) mass is 270 g/mol. The Morgan fingerprint density at radius 1 is 1.25 bits per heavy atom. The Balaban J connectivity index is 2.42. The fourth-order valence-electron chi connectivity index (χ4n) is 2.36. The molecule has 0 radical (unpaired) electrons. The van der Waals surface area contributed by atoms with E-state index >= 15 is 0 Å². The van der Waals surface area contributed by atoms with E-state index in [4.69, 9.17) is 0 Å². The second-order valence-electron chi connectivity index (χ2n) is 4.53. The molecule has 1 N–H and O–H groups in total. The molecule has 0 amide bonds. The molecule has 0 saturated carbocycles. The van der Waals surface area contributed by atoms with Crippen LogP contribution < -0.4 is 0 Å². The SMILES string of the molecule is N#C[C@@H](c1ccccc1)[C@@H](CCO)c1cnccc1F. The molecule has 0 spiro atoms. The fraction of sp³-hybridized carbons (Fsp3) is 0.250. The van der Waals surface area contributed by atoms with Gasteiger partial charge >= 0.3 is 0 Å². The standard InChI is InChI=1S/C16H15FN2O/c17-16-6-8-19-11-15(16)13(7-9-20)14(10-18)12-4-2-1-3-5-12/h1-6,8,11,13-14,20H,7,9H2/t13-,14+/m1/s1. The van der Waals surface area contributed by atoms with Gasteiger partial charge in [0.25, 0.3) is 0 Å². The molecule has 3 nitrogen and oxygen atoms in total. The van der Waals surface area contributed by atoms with Crippen molar-refractivity contribution in [2.24, 2.45) is 0 Å². The highest BCUT2D eigenvalue weighted by molar-refractivity contribution is 5.32. The Hall–Kier alpha value is -2.25. The maximum atomic E-state index is 13.9. The van der Waals surface area contributed by atoms with Crippen LogP contribution in [0.1, 0.15) is 29.4 Å². The largest absolute Gasteiger partial charge is 0.396 e. The zero-order valence-corrected chi connectivity index (χ0v) is 10.9. The Morgan fingerprint density at radius 2 is 2.00 bits per heavy atom. The van der Waals surface area contributed by atoms with Crippen molar-refractivity contribution < 1.29 is 9.50 Å². The van der Waals surface area contributed by atoms with Crippen LogP contribution in [0, 0.1) is 17.1 Å². The molecule has 0 fully saturated rings. The normalized spacial score (nSPS) is 13.4. The van der Waals surface area contributed by atoms with Crippen molar-refractivity contribution in [1.29, 1.82) is 5.26 Å². The van der Waals surface area contributed by atoms with Gasteiger partial charge in [0, 0.05) is 30.5 Å². The number of aromatic nitrogens is 1. The minimum absolute atomic E-state index is 0.107. The van der Waals surface area contributed by atoms with Crippen molar-refractivity contribution >= 4 is 0 Å². The van der Waals surface area contributed by atoms with Crippen LogP contribution in [-0.4, -0.2) is 16.7 Å². The van der Waals surface area contributed by atoms with Gasteiger partial charge in [0.15, 0.2) is 0 Å². The van der Waals surface area contributed by atoms with Crippen LogP contribution in [0.2, 0.25) is 0 Å². The molecule has 2 aromatic rings. The first-order valence-electron chi connectivity index (χ1n) is 6.42. The summed E-state index contributed by atoms with van der Waals surface area (Å²) < 4.78 is 13.9. The molecule has 2 rings (SSSR count). The highest BCUT2D eigenvalue weighted by atomic mass is 19.1. The van der Waals surface area contributed by atoms with Crippen LogP contribution in [0.4, 0.5) is 4.39 Å². The lowest BCUT2D eigenvalue weighted by Crippen LogP contribution is -2.13. The Labute approximate surface area is 117 Å². The zero-order chi connectivity index (χ0) is 14.4. The van der Waals surface area contributed by atoms with E-state index in [9.17, 15) is 14.8 Å². The number of benzene rings is 1. The van der Waals surface area contributed by atoms with E-state index in [1.165, 1.54) is 18.5 Å². The number of rotatable bonds is 5. The van der Waals surface area contributed by atoms with Crippen molar-refractivity contribution in [2.75, 3.05) is 6.61 Å². The summed E-state index contributed by atoms with van der Waals surface area (Å²) in [5, 5.41) is 18.7. The van der Waals surface area contributed by atoms with Gasteiger partial charge in [-0.3, -0.25) is 4.98 Å². The van der Waals surface area contributed by atoms with Gasteiger partial charge in [-0.1, -0.05) is 30.3 Å². The number of hydrogen-bond acceptors (Lipinski definition) is 3. The number of nitriles is 1. The third-order valence-corrected chi connectivity index (χ3v) is 3.34. The van der Waals surface area contributed by atoms with Gasteiger partial charge in [0.1, 0.15) is 5.82 Å². The highest BCUT2D eigenvalue weighted by Gasteiger charge is 2.26. The van der Waals surface area contributed by atoms with E-state index in [0.29, 0.717) is 12.0 Å². The Bertz CT molecular complexity index is 595. The summed E-state index contributed by atoms with van der Waals surface area (Å²) >= 11 is 0. The van der Waals surface area contributed by atoms with Gasteiger partial charge in [0.05, 0.1) is 12.0 Å². The maximum absolute atomic E-state index is 13.9. The summed E-state index contributed by atoms with van der Waals surface area (Å²) in [5.41, 5.74) is 1.19. The summed E-state index contributed by atoms with van der Waals surface area (Å²) in [6, 6.07) is 12.7. The zero-order valence-electron chi connectivity index (χ0n) is 10.9. The second-order valence-corrected chi connectivity index (χ2v) is 4.53. The molecule has 0 bridgehead atoms. The van der Waals surface area contributed by atoms with Gasteiger partial charge < -0.3 is 5.11 Å². The first kappa shape index (κ1) is 14.2. The van der Waals surface area contributed by atoms with Gasteiger partial charge in [-0.25, -0.2) is 4.39 Å². The van der Waals surface area contributed by atoms with Crippen LogP contribution >= 0.6 is 0 Å². The molecule has 4 heteroatoms. The summed E-state index contributed by atoms with van der Waals surface area (Å²) in [4.78, 5) is 3.93. The van der Waals surface area contributed by atoms with Crippen LogP contribution in [-0.2, 0) is 0 Å². The summed E-state index contributed by atoms with van der Waals surface area (Å²) in [6.07, 6.45) is 3.12. The number of halogens is 1. The minimum Gasteiger partial charge on any atom is -0.396 e. The van der Waals surface area contributed by atoms with Crippen molar-refractivity contribution in [2.45, 2.75) is 18.3 Å². The van der Waals surface area contributed by atoms with E-state index in [0.717, 1.165) is 5.56 Å². The van der Waals surface area contributed by atoms with Crippen molar-refractivity contribution in [1.82, 2.24) is 4.98 Å². The third-order valence-electron chi connectivity index (χ3n) is 3.34. The molecule has 0 aliphatic carbocycles. The van der Waals surface area contributed by atoms with E-state index in [1.54, 1.807) is 0 Å². The lowest BCUT2D eigenvalue weighted by Gasteiger charge is -2.22. The lowest BCUT2D eigenvalue weighted by atomic mass is 9.81.